The molecule has 15 heavy (non-hydrogen) atoms. The molecule has 0 saturated carbocycles. The van der Waals surface area contributed by atoms with E-state index in [0.717, 1.165) is 10.9 Å². The van der Waals surface area contributed by atoms with Gasteiger partial charge in [-0.1, -0.05) is 12.1 Å². The van der Waals surface area contributed by atoms with Gasteiger partial charge in [0.2, 0.25) is 0 Å². The minimum atomic E-state index is -3.74. The van der Waals surface area contributed by atoms with Crippen LogP contribution in [0.1, 0.15) is 5.56 Å². The van der Waals surface area contributed by atoms with Crippen molar-refractivity contribution in [3.63, 3.8) is 0 Å². The Hall–Kier alpha value is -1.13. The second-order valence-corrected chi connectivity index (χ2v) is 5.75. The topological polar surface area (TPSA) is 47.0 Å². The number of aryl methyl sites for hydroxylation is 1. The van der Waals surface area contributed by atoms with E-state index in [2.05, 4.69) is 4.98 Å². The van der Waals surface area contributed by atoms with E-state index in [1.165, 1.54) is 6.07 Å². The van der Waals surface area contributed by atoms with Gasteiger partial charge in [-0.25, -0.2) is 8.42 Å². The van der Waals surface area contributed by atoms with Crippen molar-refractivity contribution in [3.05, 3.63) is 36.0 Å². The van der Waals surface area contributed by atoms with Gasteiger partial charge < -0.3 is 0 Å². The third-order valence-electron chi connectivity index (χ3n) is 2.21. The molecule has 2 aromatic rings. The number of hydrogen-bond acceptors (Lipinski definition) is 3. The first-order valence-electron chi connectivity index (χ1n) is 4.29. The van der Waals surface area contributed by atoms with Gasteiger partial charge in [-0.2, -0.15) is 0 Å². The highest BCUT2D eigenvalue weighted by atomic mass is 35.7. The smallest absolute Gasteiger partial charge is 0.255 e. The average Bonchev–Trinajstić information content (AvgIpc) is 2.16. The SMILES string of the molecule is Cc1ccnc2c(S(=O)(=O)Cl)cccc12. The van der Waals surface area contributed by atoms with Crippen molar-refractivity contribution >= 4 is 30.6 Å². The number of para-hydroxylation sites is 1. The Morgan fingerprint density at radius 3 is 2.67 bits per heavy atom. The molecule has 1 aromatic heterocycles. The standard InChI is InChI=1S/C10H8ClNO2S/c1-7-5-6-12-10-8(7)3-2-4-9(10)15(11,13)14/h2-6H,1H3. The maximum absolute atomic E-state index is 11.3. The highest BCUT2D eigenvalue weighted by Crippen LogP contribution is 2.25. The molecule has 1 aromatic carbocycles. The Balaban J connectivity index is 2.96. The Morgan fingerprint density at radius 2 is 2.00 bits per heavy atom. The second-order valence-electron chi connectivity index (χ2n) is 3.22. The third kappa shape index (κ3) is 1.82. The van der Waals surface area contributed by atoms with Crippen LogP contribution in [0.2, 0.25) is 0 Å². The molecule has 0 amide bonds. The summed E-state index contributed by atoms with van der Waals surface area (Å²) in [6, 6.07) is 6.76. The molecular formula is C10H8ClNO2S. The summed E-state index contributed by atoms with van der Waals surface area (Å²) in [7, 11) is 1.59. The monoisotopic (exact) mass is 241 g/mol. The number of halogens is 1. The van der Waals surface area contributed by atoms with Crippen molar-refractivity contribution in [2.24, 2.45) is 0 Å². The predicted octanol–water partition coefficient (Wildman–Crippen LogP) is 2.47. The average molecular weight is 242 g/mol. The quantitative estimate of drug-likeness (QED) is 0.721. The maximum atomic E-state index is 11.3. The lowest BCUT2D eigenvalue weighted by Crippen LogP contribution is -1.94. The van der Waals surface area contributed by atoms with Gasteiger partial charge in [-0.3, -0.25) is 4.98 Å². The van der Waals surface area contributed by atoms with Gasteiger partial charge >= 0.3 is 0 Å². The highest BCUT2D eigenvalue weighted by Gasteiger charge is 2.15. The van der Waals surface area contributed by atoms with Gasteiger partial charge in [0.25, 0.3) is 9.05 Å². The minimum Gasteiger partial charge on any atom is -0.255 e. The first-order chi connectivity index (χ1) is 7.00. The first-order valence-corrected chi connectivity index (χ1v) is 6.60. The van der Waals surface area contributed by atoms with Crippen LogP contribution in [0.25, 0.3) is 10.9 Å². The van der Waals surface area contributed by atoms with Gasteiger partial charge in [0, 0.05) is 22.3 Å². The summed E-state index contributed by atoms with van der Waals surface area (Å²) in [4.78, 5) is 4.11. The van der Waals surface area contributed by atoms with Crippen LogP contribution in [0.3, 0.4) is 0 Å². The molecule has 0 aliphatic carbocycles. The van der Waals surface area contributed by atoms with E-state index in [9.17, 15) is 8.42 Å². The largest absolute Gasteiger partial charge is 0.263 e. The number of aromatic nitrogens is 1. The lowest BCUT2D eigenvalue weighted by atomic mass is 10.1. The summed E-state index contributed by atoms with van der Waals surface area (Å²) in [5, 5.41) is 0.805. The van der Waals surface area contributed by atoms with E-state index in [1.54, 1.807) is 12.3 Å². The molecule has 2 rings (SSSR count). The molecule has 0 spiro atoms. The molecule has 1 heterocycles. The maximum Gasteiger partial charge on any atom is 0.263 e. The van der Waals surface area contributed by atoms with Gasteiger partial charge in [-0.05, 0) is 24.6 Å². The third-order valence-corrected chi connectivity index (χ3v) is 3.57. The van der Waals surface area contributed by atoms with Gasteiger partial charge in [-0.15, -0.1) is 0 Å². The molecule has 78 valence electrons. The summed E-state index contributed by atoms with van der Waals surface area (Å²) in [5.74, 6) is 0. The van der Waals surface area contributed by atoms with E-state index in [1.807, 2.05) is 19.1 Å². The fraction of sp³-hybridized carbons (Fsp3) is 0.100. The van der Waals surface area contributed by atoms with Crippen LogP contribution in [-0.2, 0) is 9.05 Å². The van der Waals surface area contributed by atoms with E-state index in [4.69, 9.17) is 10.7 Å². The second kappa shape index (κ2) is 3.47. The molecule has 0 saturated heterocycles. The summed E-state index contributed by atoms with van der Waals surface area (Å²) in [6.07, 6.45) is 1.57. The van der Waals surface area contributed by atoms with Crippen LogP contribution in [0, 0.1) is 6.92 Å². The minimum absolute atomic E-state index is 0.0605. The van der Waals surface area contributed by atoms with Crippen LogP contribution in [0.4, 0.5) is 0 Å². The number of pyridine rings is 1. The predicted molar refractivity (Wildman–Crippen MR) is 59.5 cm³/mol. The van der Waals surface area contributed by atoms with Crippen molar-refractivity contribution in [2.75, 3.05) is 0 Å². The van der Waals surface area contributed by atoms with E-state index in [0.29, 0.717) is 5.52 Å². The van der Waals surface area contributed by atoms with Crippen molar-refractivity contribution in [1.29, 1.82) is 0 Å². The van der Waals surface area contributed by atoms with Crippen LogP contribution in [-0.4, -0.2) is 13.4 Å². The normalized spacial score (nSPS) is 11.9. The fourth-order valence-electron chi connectivity index (χ4n) is 1.48. The molecule has 0 bridgehead atoms. The van der Waals surface area contributed by atoms with E-state index < -0.39 is 9.05 Å². The van der Waals surface area contributed by atoms with E-state index >= 15 is 0 Å². The molecule has 5 heteroatoms. The molecule has 0 unspecified atom stereocenters. The van der Waals surface area contributed by atoms with Crippen molar-refractivity contribution in [3.8, 4) is 0 Å². The molecule has 0 aliphatic heterocycles. The molecular weight excluding hydrogens is 234 g/mol. The molecule has 0 radical (unpaired) electrons. The molecule has 0 N–H and O–H groups in total. The van der Waals surface area contributed by atoms with Crippen LogP contribution < -0.4 is 0 Å². The van der Waals surface area contributed by atoms with Crippen LogP contribution in [0.5, 0.6) is 0 Å². The Morgan fingerprint density at radius 1 is 1.27 bits per heavy atom. The lowest BCUT2D eigenvalue weighted by Gasteiger charge is -2.03. The van der Waals surface area contributed by atoms with Crippen molar-refractivity contribution in [2.45, 2.75) is 11.8 Å². The van der Waals surface area contributed by atoms with Gasteiger partial charge in [0.15, 0.2) is 0 Å². The number of benzene rings is 1. The number of rotatable bonds is 1. The van der Waals surface area contributed by atoms with Gasteiger partial charge in [0.05, 0.1) is 5.52 Å². The first kappa shape index (κ1) is 10.4. The van der Waals surface area contributed by atoms with Gasteiger partial charge in [0.1, 0.15) is 4.90 Å². The van der Waals surface area contributed by atoms with Crippen molar-refractivity contribution in [1.82, 2.24) is 4.98 Å². The summed E-state index contributed by atoms with van der Waals surface area (Å²) >= 11 is 0. The van der Waals surface area contributed by atoms with Crippen molar-refractivity contribution < 1.29 is 8.42 Å². The fourth-order valence-corrected chi connectivity index (χ4v) is 2.49. The highest BCUT2D eigenvalue weighted by molar-refractivity contribution is 8.14. The Labute approximate surface area is 92.1 Å². The van der Waals surface area contributed by atoms with E-state index in [-0.39, 0.29) is 4.90 Å². The number of hydrogen-bond donors (Lipinski definition) is 0. The molecule has 3 nitrogen and oxygen atoms in total. The van der Waals surface area contributed by atoms with Crippen LogP contribution in [0.15, 0.2) is 35.4 Å². The molecule has 0 fully saturated rings. The zero-order chi connectivity index (χ0) is 11.1. The molecule has 0 atom stereocenters. The lowest BCUT2D eigenvalue weighted by molar-refractivity contribution is 0.610. The Kier molecular flexibility index (Phi) is 2.40. The number of fused-ring (bicyclic) bond motifs is 1. The zero-order valence-corrected chi connectivity index (χ0v) is 9.51. The zero-order valence-electron chi connectivity index (χ0n) is 7.94. The summed E-state index contributed by atoms with van der Waals surface area (Å²) in [6.45, 7) is 1.90. The molecule has 0 aliphatic rings. The number of nitrogens with zero attached hydrogens (tertiary/aromatic N) is 1. The van der Waals surface area contributed by atoms with Crippen LogP contribution >= 0.6 is 10.7 Å². The summed E-state index contributed by atoms with van der Waals surface area (Å²) < 4.78 is 22.6. The Bertz CT molecular complexity index is 622. The summed E-state index contributed by atoms with van der Waals surface area (Å²) in [5.41, 5.74) is 1.40.